The molecular formula is C20H31N3O4. The third kappa shape index (κ3) is 7.17. The maximum absolute atomic E-state index is 12.3. The molecule has 1 aromatic carbocycles. The molecule has 1 aromatic rings. The van der Waals surface area contributed by atoms with Gasteiger partial charge in [-0.1, -0.05) is 39.0 Å². The highest BCUT2D eigenvalue weighted by atomic mass is 16.6. The van der Waals surface area contributed by atoms with E-state index in [1.807, 2.05) is 0 Å². The minimum Gasteiger partial charge on any atom is -0.377 e. The van der Waals surface area contributed by atoms with Crippen molar-refractivity contribution in [2.24, 2.45) is 0 Å². The van der Waals surface area contributed by atoms with E-state index in [0.717, 1.165) is 32.3 Å². The molecule has 0 aromatic heterocycles. The Morgan fingerprint density at radius 2 is 2.04 bits per heavy atom. The van der Waals surface area contributed by atoms with Gasteiger partial charge in [-0.3, -0.25) is 14.9 Å². The predicted molar refractivity (Wildman–Crippen MR) is 106 cm³/mol. The molecule has 2 N–H and O–H groups in total. The van der Waals surface area contributed by atoms with E-state index in [1.165, 1.54) is 31.7 Å². The summed E-state index contributed by atoms with van der Waals surface area (Å²) in [4.78, 5) is 23.2. The molecule has 7 heteroatoms. The van der Waals surface area contributed by atoms with Crippen LogP contribution in [0.5, 0.6) is 0 Å². The van der Waals surface area contributed by atoms with E-state index < -0.39 is 4.92 Å². The maximum atomic E-state index is 12.3. The molecule has 1 fully saturated rings. The predicted octanol–water partition coefficient (Wildman–Crippen LogP) is 4.28. The zero-order valence-corrected chi connectivity index (χ0v) is 16.2. The SMILES string of the molecule is CCCCCCCCNC(=O)c1ccc(NC[C@@H]2CCCO2)c([N+](=O)[O-])c1. The molecule has 2 rings (SSSR count). The van der Waals surface area contributed by atoms with Crippen LogP contribution in [0.4, 0.5) is 11.4 Å². The average molecular weight is 377 g/mol. The molecular weight excluding hydrogens is 346 g/mol. The number of nitro groups is 1. The van der Waals surface area contributed by atoms with Crippen LogP contribution >= 0.6 is 0 Å². The first kappa shape index (κ1) is 21.2. The fraction of sp³-hybridized carbons (Fsp3) is 0.650. The molecule has 1 heterocycles. The molecule has 0 aliphatic carbocycles. The number of hydrogen-bond donors (Lipinski definition) is 2. The monoisotopic (exact) mass is 377 g/mol. The number of carbonyl (C=O) groups excluding carboxylic acids is 1. The Hall–Kier alpha value is -2.15. The molecule has 0 radical (unpaired) electrons. The summed E-state index contributed by atoms with van der Waals surface area (Å²) in [5.41, 5.74) is 0.651. The molecule has 1 aliphatic heterocycles. The molecule has 0 bridgehead atoms. The lowest BCUT2D eigenvalue weighted by molar-refractivity contribution is -0.384. The maximum Gasteiger partial charge on any atom is 0.293 e. The van der Waals surface area contributed by atoms with Crippen LogP contribution in [0.25, 0.3) is 0 Å². The summed E-state index contributed by atoms with van der Waals surface area (Å²) >= 11 is 0. The van der Waals surface area contributed by atoms with Gasteiger partial charge >= 0.3 is 0 Å². The molecule has 7 nitrogen and oxygen atoms in total. The topological polar surface area (TPSA) is 93.5 Å². The summed E-state index contributed by atoms with van der Waals surface area (Å²) in [6, 6.07) is 4.57. The number of nitrogens with one attached hydrogen (secondary N) is 2. The second-order valence-electron chi connectivity index (χ2n) is 7.03. The van der Waals surface area contributed by atoms with E-state index in [-0.39, 0.29) is 17.7 Å². The number of benzene rings is 1. The largest absolute Gasteiger partial charge is 0.377 e. The van der Waals surface area contributed by atoms with Gasteiger partial charge in [0, 0.05) is 31.3 Å². The lowest BCUT2D eigenvalue weighted by atomic mass is 10.1. The molecule has 1 amide bonds. The lowest BCUT2D eigenvalue weighted by Gasteiger charge is -2.13. The van der Waals surface area contributed by atoms with Gasteiger partial charge in [-0.05, 0) is 31.4 Å². The minimum atomic E-state index is -0.456. The Bertz CT molecular complexity index is 615. The van der Waals surface area contributed by atoms with Gasteiger partial charge in [-0.25, -0.2) is 0 Å². The third-order valence-electron chi connectivity index (χ3n) is 4.82. The van der Waals surface area contributed by atoms with Crippen LogP contribution in [0, 0.1) is 10.1 Å². The Balaban J connectivity index is 1.84. The van der Waals surface area contributed by atoms with Crippen LogP contribution in [-0.2, 0) is 4.74 Å². The van der Waals surface area contributed by atoms with E-state index >= 15 is 0 Å². The standard InChI is InChI=1S/C20H31N3O4/c1-2-3-4-5-6-7-12-21-20(24)16-10-11-18(19(14-16)23(25)26)22-15-17-9-8-13-27-17/h10-11,14,17,22H,2-9,12-13,15H2,1H3,(H,21,24)/t17-/m0/s1. The molecule has 1 saturated heterocycles. The number of amides is 1. The van der Waals surface area contributed by atoms with Gasteiger partial charge in [0.1, 0.15) is 5.69 Å². The number of hydrogen-bond acceptors (Lipinski definition) is 5. The molecule has 0 spiro atoms. The van der Waals surface area contributed by atoms with Crippen molar-refractivity contribution in [3.05, 3.63) is 33.9 Å². The number of nitro benzene ring substituents is 1. The first-order valence-electron chi connectivity index (χ1n) is 10.0. The fourth-order valence-electron chi connectivity index (χ4n) is 3.21. The van der Waals surface area contributed by atoms with Crippen molar-refractivity contribution in [2.45, 2.75) is 64.4 Å². The number of anilines is 1. The van der Waals surface area contributed by atoms with E-state index in [9.17, 15) is 14.9 Å². The Morgan fingerprint density at radius 1 is 1.26 bits per heavy atom. The Labute approximate surface area is 161 Å². The summed E-state index contributed by atoms with van der Waals surface area (Å²) in [5, 5.41) is 17.3. The first-order chi connectivity index (χ1) is 13.1. The number of rotatable bonds is 12. The minimum absolute atomic E-state index is 0.0831. The molecule has 27 heavy (non-hydrogen) atoms. The Kier molecular flexibility index (Phi) is 9.04. The van der Waals surface area contributed by atoms with Gasteiger partial charge in [0.05, 0.1) is 11.0 Å². The quantitative estimate of drug-likeness (QED) is 0.322. The van der Waals surface area contributed by atoms with Gasteiger partial charge in [-0.15, -0.1) is 0 Å². The van der Waals surface area contributed by atoms with E-state index in [0.29, 0.717) is 24.3 Å². The highest BCUT2D eigenvalue weighted by Gasteiger charge is 2.20. The van der Waals surface area contributed by atoms with Crippen molar-refractivity contribution in [1.82, 2.24) is 5.32 Å². The van der Waals surface area contributed by atoms with Crippen molar-refractivity contribution in [3.63, 3.8) is 0 Å². The van der Waals surface area contributed by atoms with Gasteiger partial charge < -0.3 is 15.4 Å². The summed E-state index contributed by atoms with van der Waals surface area (Å²) < 4.78 is 5.53. The van der Waals surface area contributed by atoms with Crippen LogP contribution in [-0.4, -0.2) is 36.6 Å². The summed E-state index contributed by atoms with van der Waals surface area (Å²) in [6.45, 7) is 4.05. The van der Waals surface area contributed by atoms with Crippen molar-refractivity contribution in [2.75, 3.05) is 25.0 Å². The van der Waals surface area contributed by atoms with Crippen LogP contribution in [0.3, 0.4) is 0 Å². The van der Waals surface area contributed by atoms with Crippen LogP contribution in [0.1, 0.15) is 68.6 Å². The number of nitrogens with zero attached hydrogens (tertiary/aromatic N) is 1. The number of carbonyl (C=O) groups is 1. The highest BCUT2D eigenvalue weighted by molar-refractivity contribution is 5.95. The molecule has 1 atom stereocenters. The zero-order valence-electron chi connectivity index (χ0n) is 16.2. The van der Waals surface area contributed by atoms with E-state index in [2.05, 4.69) is 17.6 Å². The van der Waals surface area contributed by atoms with Crippen LogP contribution in [0.2, 0.25) is 0 Å². The second kappa shape index (κ2) is 11.5. The van der Waals surface area contributed by atoms with Gasteiger partial charge in [0.15, 0.2) is 0 Å². The van der Waals surface area contributed by atoms with Crippen molar-refractivity contribution >= 4 is 17.3 Å². The zero-order chi connectivity index (χ0) is 19.5. The van der Waals surface area contributed by atoms with Crippen molar-refractivity contribution < 1.29 is 14.5 Å². The average Bonchev–Trinajstić information content (AvgIpc) is 3.19. The smallest absolute Gasteiger partial charge is 0.293 e. The van der Waals surface area contributed by atoms with E-state index in [4.69, 9.17) is 4.74 Å². The van der Waals surface area contributed by atoms with Crippen molar-refractivity contribution in [1.29, 1.82) is 0 Å². The normalized spacial score (nSPS) is 16.3. The lowest BCUT2D eigenvalue weighted by Crippen LogP contribution is -2.24. The third-order valence-corrected chi connectivity index (χ3v) is 4.82. The van der Waals surface area contributed by atoms with Crippen molar-refractivity contribution in [3.8, 4) is 0 Å². The molecule has 0 unspecified atom stereocenters. The van der Waals surface area contributed by atoms with Crippen LogP contribution in [0.15, 0.2) is 18.2 Å². The number of unbranched alkanes of at least 4 members (excludes halogenated alkanes) is 5. The second-order valence-corrected chi connectivity index (χ2v) is 7.03. The van der Waals surface area contributed by atoms with Gasteiger partial charge in [0.25, 0.3) is 11.6 Å². The summed E-state index contributed by atoms with van der Waals surface area (Å²) in [6.07, 6.45) is 8.97. The first-order valence-corrected chi connectivity index (χ1v) is 10.0. The number of ether oxygens (including phenoxy) is 1. The highest BCUT2D eigenvalue weighted by Crippen LogP contribution is 2.26. The van der Waals surface area contributed by atoms with Gasteiger partial charge in [-0.2, -0.15) is 0 Å². The summed E-state index contributed by atoms with van der Waals surface area (Å²) in [5.74, 6) is -0.266. The van der Waals surface area contributed by atoms with Crippen LogP contribution < -0.4 is 10.6 Å². The molecule has 0 saturated carbocycles. The van der Waals surface area contributed by atoms with Gasteiger partial charge in [0.2, 0.25) is 0 Å². The molecule has 150 valence electrons. The fourth-order valence-corrected chi connectivity index (χ4v) is 3.21. The Morgan fingerprint density at radius 3 is 2.74 bits per heavy atom. The summed E-state index contributed by atoms with van der Waals surface area (Å²) in [7, 11) is 0. The van der Waals surface area contributed by atoms with E-state index in [1.54, 1.807) is 12.1 Å². The molecule has 1 aliphatic rings.